The van der Waals surface area contributed by atoms with E-state index in [9.17, 15) is 0 Å². The summed E-state index contributed by atoms with van der Waals surface area (Å²) in [7, 11) is 0. The quantitative estimate of drug-likeness (QED) is 0.856. The van der Waals surface area contributed by atoms with Crippen LogP contribution in [0.25, 0.3) is 11.3 Å². The van der Waals surface area contributed by atoms with E-state index in [1.165, 1.54) is 16.8 Å². The minimum atomic E-state index is 0.407. The largest absolute Gasteiger partial charge is 0.310 e. The van der Waals surface area contributed by atoms with Crippen molar-refractivity contribution in [3.8, 4) is 11.3 Å². The Morgan fingerprint density at radius 2 is 1.89 bits per heavy atom. The smallest absolute Gasteiger partial charge is 0.0682 e. The van der Waals surface area contributed by atoms with Gasteiger partial charge in [0.15, 0.2) is 0 Å². The molecule has 1 atom stereocenters. The highest BCUT2D eigenvalue weighted by Gasteiger charge is 2.07. The molecule has 1 unspecified atom stereocenters. The highest BCUT2D eigenvalue weighted by molar-refractivity contribution is 5.59. The Morgan fingerprint density at radius 3 is 2.53 bits per heavy atom. The second-order valence-electron chi connectivity index (χ2n) is 4.83. The maximum Gasteiger partial charge on any atom is 0.0682 e. The van der Waals surface area contributed by atoms with E-state index in [2.05, 4.69) is 61.5 Å². The van der Waals surface area contributed by atoms with Crippen LogP contribution in [-0.4, -0.2) is 16.3 Å². The van der Waals surface area contributed by atoms with Gasteiger partial charge in [-0.25, -0.2) is 0 Å². The Hall–Kier alpha value is -1.61. The summed E-state index contributed by atoms with van der Waals surface area (Å²) < 4.78 is 2.02. The number of nitrogens with zero attached hydrogens (tertiary/aromatic N) is 2. The molecular formula is C16H23N3. The molecule has 0 amide bonds. The van der Waals surface area contributed by atoms with Crippen molar-refractivity contribution in [3.63, 3.8) is 0 Å². The van der Waals surface area contributed by atoms with Crippen LogP contribution in [0.5, 0.6) is 0 Å². The molecule has 0 radical (unpaired) electrons. The van der Waals surface area contributed by atoms with Crippen LogP contribution in [0, 0.1) is 0 Å². The Balaban J connectivity index is 2.14. The van der Waals surface area contributed by atoms with Gasteiger partial charge in [-0.05, 0) is 44.0 Å². The maximum atomic E-state index is 4.31. The minimum Gasteiger partial charge on any atom is -0.310 e. The summed E-state index contributed by atoms with van der Waals surface area (Å²) in [6.07, 6.45) is 3.02. The summed E-state index contributed by atoms with van der Waals surface area (Å²) in [4.78, 5) is 0. The van der Waals surface area contributed by atoms with Crippen LogP contribution in [0.2, 0.25) is 0 Å². The van der Waals surface area contributed by atoms with Crippen LogP contribution in [0.1, 0.15) is 38.8 Å². The van der Waals surface area contributed by atoms with E-state index in [0.717, 1.165) is 19.5 Å². The number of benzene rings is 1. The molecule has 0 saturated carbocycles. The molecule has 1 N–H and O–H groups in total. The molecule has 1 heterocycles. The van der Waals surface area contributed by atoms with E-state index in [4.69, 9.17) is 0 Å². The van der Waals surface area contributed by atoms with Crippen LogP contribution in [0.15, 0.2) is 36.5 Å². The lowest BCUT2D eigenvalue weighted by atomic mass is 10.0. The summed E-state index contributed by atoms with van der Waals surface area (Å²) >= 11 is 0. The molecule has 1 aromatic heterocycles. The van der Waals surface area contributed by atoms with Crippen molar-refractivity contribution in [3.05, 3.63) is 42.1 Å². The molecule has 0 aliphatic heterocycles. The highest BCUT2D eigenvalue weighted by atomic mass is 15.3. The molecule has 0 aliphatic rings. The van der Waals surface area contributed by atoms with Gasteiger partial charge in [-0.15, -0.1) is 0 Å². The Morgan fingerprint density at radius 1 is 1.16 bits per heavy atom. The maximum absolute atomic E-state index is 4.31. The summed E-state index contributed by atoms with van der Waals surface area (Å²) in [6.45, 7) is 8.47. The molecule has 0 saturated heterocycles. The van der Waals surface area contributed by atoms with E-state index in [-0.39, 0.29) is 0 Å². The fourth-order valence-corrected chi connectivity index (χ4v) is 2.25. The lowest BCUT2D eigenvalue weighted by Crippen LogP contribution is -2.19. The first-order chi connectivity index (χ1) is 9.26. The lowest BCUT2D eigenvalue weighted by Gasteiger charge is -2.14. The molecule has 3 heteroatoms. The lowest BCUT2D eigenvalue weighted by molar-refractivity contribution is 0.571. The van der Waals surface area contributed by atoms with Gasteiger partial charge in [-0.2, -0.15) is 5.10 Å². The van der Waals surface area contributed by atoms with Gasteiger partial charge in [0.05, 0.1) is 5.69 Å². The van der Waals surface area contributed by atoms with Gasteiger partial charge >= 0.3 is 0 Å². The molecule has 19 heavy (non-hydrogen) atoms. The summed E-state index contributed by atoms with van der Waals surface area (Å²) in [5, 5.41) is 7.82. The van der Waals surface area contributed by atoms with Gasteiger partial charge in [0, 0.05) is 18.8 Å². The van der Waals surface area contributed by atoms with Gasteiger partial charge < -0.3 is 5.32 Å². The number of hydrogen-bond acceptors (Lipinski definition) is 2. The Bertz CT molecular complexity index is 499. The average Bonchev–Trinajstić information content (AvgIpc) is 2.93. The number of aryl methyl sites for hydroxylation is 1. The first kappa shape index (κ1) is 13.8. The van der Waals surface area contributed by atoms with Crippen molar-refractivity contribution < 1.29 is 0 Å². The topological polar surface area (TPSA) is 29.9 Å². The van der Waals surface area contributed by atoms with Gasteiger partial charge in [-0.3, -0.25) is 4.68 Å². The van der Waals surface area contributed by atoms with Gasteiger partial charge in [0.1, 0.15) is 0 Å². The van der Waals surface area contributed by atoms with E-state index in [0.29, 0.717) is 6.04 Å². The molecule has 0 fully saturated rings. The second-order valence-corrected chi connectivity index (χ2v) is 4.83. The van der Waals surface area contributed by atoms with Gasteiger partial charge in [0.25, 0.3) is 0 Å². The second kappa shape index (κ2) is 6.53. The van der Waals surface area contributed by atoms with Crippen molar-refractivity contribution in [1.82, 2.24) is 15.1 Å². The van der Waals surface area contributed by atoms with E-state index < -0.39 is 0 Å². The van der Waals surface area contributed by atoms with Gasteiger partial charge in [0.2, 0.25) is 0 Å². The number of aromatic nitrogens is 2. The molecule has 2 rings (SSSR count). The monoisotopic (exact) mass is 257 g/mol. The molecule has 0 aliphatic carbocycles. The third-order valence-corrected chi connectivity index (χ3v) is 3.42. The number of hydrogen-bond donors (Lipinski definition) is 1. The van der Waals surface area contributed by atoms with Crippen LogP contribution in [-0.2, 0) is 6.54 Å². The first-order valence-electron chi connectivity index (χ1n) is 7.11. The van der Waals surface area contributed by atoms with Crippen LogP contribution in [0.3, 0.4) is 0 Å². The highest BCUT2D eigenvalue weighted by Crippen LogP contribution is 2.21. The molecule has 0 spiro atoms. The summed E-state index contributed by atoms with van der Waals surface area (Å²) in [5.41, 5.74) is 3.74. The zero-order valence-electron chi connectivity index (χ0n) is 12.1. The van der Waals surface area contributed by atoms with Gasteiger partial charge in [-0.1, -0.05) is 31.2 Å². The van der Waals surface area contributed by atoms with Crippen LogP contribution >= 0.6 is 0 Å². The zero-order chi connectivity index (χ0) is 13.7. The molecule has 3 nitrogen and oxygen atoms in total. The first-order valence-corrected chi connectivity index (χ1v) is 7.11. The zero-order valence-corrected chi connectivity index (χ0v) is 12.1. The Labute approximate surface area is 115 Å². The van der Waals surface area contributed by atoms with Crippen LogP contribution in [0.4, 0.5) is 0 Å². The third kappa shape index (κ3) is 3.24. The summed E-state index contributed by atoms with van der Waals surface area (Å²) in [6, 6.07) is 11.2. The normalized spacial score (nSPS) is 12.6. The Kier molecular flexibility index (Phi) is 4.74. The number of rotatable bonds is 6. The number of nitrogens with one attached hydrogen (secondary N) is 1. The van der Waals surface area contributed by atoms with Crippen molar-refractivity contribution in [1.29, 1.82) is 0 Å². The van der Waals surface area contributed by atoms with Crippen LogP contribution < -0.4 is 5.32 Å². The van der Waals surface area contributed by atoms with E-state index in [1.807, 2.05) is 10.9 Å². The third-order valence-electron chi connectivity index (χ3n) is 3.42. The fourth-order valence-electron chi connectivity index (χ4n) is 2.25. The van der Waals surface area contributed by atoms with Crippen molar-refractivity contribution in [2.45, 2.75) is 39.8 Å². The molecule has 1 aromatic carbocycles. The van der Waals surface area contributed by atoms with E-state index in [1.54, 1.807) is 0 Å². The molecular weight excluding hydrogens is 234 g/mol. The summed E-state index contributed by atoms with van der Waals surface area (Å²) in [5.74, 6) is 0. The van der Waals surface area contributed by atoms with Crippen molar-refractivity contribution in [2.75, 3.05) is 6.54 Å². The SMILES string of the molecule is CCCNC(C)c1ccc(-c2ccnn2CC)cc1. The minimum absolute atomic E-state index is 0.407. The predicted octanol–water partition coefficient (Wildman–Crippen LogP) is 3.63. The molecule has 2 aromatic rings. The van der Waals surface area contributed by atoms with Crippen molar-refractivity contribution >= 4 is 0 Å². The van der Waals surface area contributed by atoms with E-state index >= 15 is 0 Å². The van der Waals surface area contributed by atoms with Crippen molar-refractivity contribution in [2.24, 2.45) is 0 Å². The average molecular weight is 257 g/mol. The molecule has 102 valence electrons. The predicted molar refractivity (Wildman–Crippen MR) is 80.0 cm³/mol. The standard InChI is InChI=1S/C16H23N3/c1-4-11-17-13(3)14-6-8-15(9-7-14)16-10-12-18-19(16)5-2/h6-10,12-13,17H,4-5,11H2,1-3H3. The fraction of sp³-hybridized carbons (Fsp3) is 0.438. The molecule has 0 bridgehead atoms.